The molecule has 1 radical (unpaired) electrons. The summed E-state index contributed by atoms with van der Waals surface area (Å²) in [5.74, 6) is 0.248. The summed E-state index contributed by atoms with van der Waals surface area (Å²) >= 11 is 0. The summed E-state index contributed by atoms with van der Waals surface area (Å²) in [7, 11) is 0.914. The van der Waals surface area contributed by atoms with Crippen molar-refractivity contribution in [1.29, 1.82) is 0 Å². The Morgan fingerprint density at radius 3 is 2.24 bits per heavy atom. The second-order valence-corrected chi connectivity index (χ2v) is 7.63. The lowest BCUT2D eigenvalue weighted by Gasteiger charge is -2.33. The predicted molar refractivity (Wildman–Crippen MR) is 71.3 cm³/mol. The molecule has 0 N–H and O–H groups in total. The van der Waals surface area contributed by atoms with Gasteiger partial charge in [0.05, 0.1) is 5.75 Å². The minimum absolute atomic E-state index is 0.0744. The molecule has 5 heteroatoms. The third kappa shape index (κ3) is 4.23. The molecule has 0 amide bonds. The molecule has 1 aliphatic rings. The van der Waals surface area contributed by atoms with E-state index in [-0.39, 0.29) is 11.3 Å². The molecule has 1 rings (SSSR count). The fourth-order valence-corrected chi connectivity index (χ4v) is 3.52. The van der Waals surface area contributed by atoms with E-state index in [4.69, 9.17) is 0 Å². The number of rotatable bonds is 5. The zero-order valence-electron chi connectivity index (χ0n) is 11.4. The van der Waals surface area contributed by atoms with Gasteiger partial charge in [0.15, 0.2) is 0 Å². The van der Waals surface area contributed by atoms with E-state index < -0.39 is 10.0 Å². The number of piperidine rings is 1. The lowest BCUT2D eigenvalue weighted by Crippen LogP contribution is -2.43. The van der Waals surface area contributed by atoms with Crippen molar-refractivity contribution < 1.29 is 8.42 Å². The first-order valence-electron chi connectivity index (χ1n) is 6.23. The molecule has 1 fully saturated rings. The Morgan fingerprint density at radius 1 is 1.24 bits per heavy atom. The molecule has 0 atom stereocenters. The summed E-state index contributed by atoms with van der Waals surface area (Å²) in [5.41, 5.74) is -0.0744. The SMILES string of the molecule is CN(C)C(C)(C)CCS(=O)(=O)N1CC[CH]CC1. The molecule has 0 saturated carbocycles. The van der Waals surface area contributed by atoms with Crippen molar-refractivity contribution in [2.24, 2.45) is 0 Å². The molecule has 1 saturated heterocycles. The van der Waals surface area contributed by atoms with Crippen LogP contribution in [0.1, 0.15) is 33.1 Å². The molecular formula is C12H25N2O2S. The van der Waals surface area contributed by atoms with Crippen molar-refractivity contribution in [1.82, 2.24) is 9.21 Å². The Kier molecular flexibility index (Phi) is 4.98. The molecule has 0 bridgehead atoms. The number of sulfonamides is 1. The van der Waals surface area contributed by atoms with Gasteiger partial charge in [0, 0.05) is 18.6 Å². The van der Waals surface area contributed by atoms with Crippen LogP contribution in [-0.4, -0.2) is 56.1 Å². The van der Waals surface area contributed by atoms with Crippen LogP contribution in [0, 0.1) is 6.42 Å². The zero-order chi connectivity index (χ0) is 13.1. The lowest BCUT2D eigenvalue weighted by atomic mass is 10.0. The molecular weight excluding hydrogens is 236 g/mol. The lowest BCUT2D eigenvalue weighted by molar-refractivity contribution is 0.189. The van der Waals surface area contributed by atoms with Gasteiger partial charge in [0.2, 0.25) is 10.0 Å². The fraction of sp³-hybridized carbons (Fsp3) is 0.917. The Balaban J connectivity index is 2.55. The highest BCUT2D eigenvalue weighted by Gasteiger charge is 2.28. The van der Waals surface area contributed by atoms with Gasteiger partial charge in [-0.3, -0.25) is 0 Å². The van der Waals surface area contributed by atoms with Gasteiger partial charge in [-0.25, -0.2) is 12.7 Å². The minimum atomic E-state index is -3.06. The van der Waals surface area contributed by atoms with Crippen molar-refractivity contribution in [2.45, 2.75) is 38.6 Å². The quantitative estimate of drug-likeness (QED) is 0.750. The van der Waals surface area contributed by atoms with E-state index in [1.165, 1.54) is 0 Å². The molecule has 1 heterocycles. The average molecular weight is 261 g/mol. The number of hydrogen-bond acceptors (Lipinski definition) is 3. The maximum Gasteiger partial charge on any atom is 0.214 e. The zero-order valence-corrected chi connectivity index (χ0v) is 12.3. The van der Waals surface area contributed by atoms with Gasteiger partial charge >= 0.3 is 0 Å². The van der Waals surface area contributed by atoms with E-state index in [1.54, 1.807) is 4.31 Å². The Hall–Kier alpha value is -0.130. The molecule has 101 valence electrons. The molecule has 0 aliphatic carbocycles. The average Bonchev–Trinajstić information content (AvgIpc) is 2.28. The standard InChI is InChI=1S/C12H25N2O2S/c1-12(2,13(3)4)8-11-17(15,16)14-9-6-5-7-10-14/h5H,6-11H2,1-4H3. The van der Waals surface area contributed by atoms with Gasteiger partial charge in [-0.15, -0.1) is 0 Å². The molecule has 0 spiro atoms. The van der Waals surface area contributed by atoms with E-state index in [0.29, 0.717) is 19.5 Å². The number of nitrogens with zero attached hydrogens (tertiary/aromatic N) is 2. The highest BCUT2D eigenvalue weighted by molar-refractivity contribution is 7.89. The highest BCUT2D eigenvalue weighted by Crippen LogP contribution is 2.19. The van der Waals surface area contributed by atoms with Crippen LogP contribution in [0.2, 0.25) is 0 Å². The highest BCUT2D eigenvalue weighted by atomic mass is 32.2. The summed E-state index contributed by atoms with van der Waals surface area (Å²) in [6, 6.07) is 0. The van der Waals surface area contributed by atoms with Gasteiger partial charge in [-0.1, -0.05) is 0 Å². The first-order chi connectivity index (χ1) is 7.76. The fourth-order valence-electron chi connectivity index (χ4n) is 1.74. The van der Waals surface area contributed by atoms with Gasteiger partial charge in [-0.05, 0) is 53.6 Å². The molecule has 0 aromatic carbocycles. The molecule has 0 unspecified atom stereocenters. The largest absolute Gasteiger partial charge is 0.304 e. The van der Waals surface area contributed by atoms with Gasteiger partial charge in [0.1, 0.15) is 0 Å². The van der Waals surface area contributed by atoms with Crippen LogP contribution in [0.4, 0.5) is 0 Å². The van der Waals surface area contributed by atoms with E-state index in [9.17, 15) is 8.42 Å². The van der Waals surface area contributed by atoms with Crippen LogP contribution in [0.15, 0.2) is 0 Å². The van der Waals surface area contributed by atoms with Crippen LogP contribution in [0.25, 0.3) is 0 Å². The van der Waals surface area contributed by atoms with E-state index in [1.807, 2.05) is 14.1 Å². The molecule has 0 aromatic rings. The Bertz CT molecular complexity index is 330. The second-order valence-electron chi connectivity index (χ2n) is 5.54. The molecule has 17 heavy (non-hydrogen) atoms. The van der Waals surface area contributed by atoms with Crippen molar-refractivity contribution in [3.63, 3.8) is 0 Å². The van der Waals surface area contributed by atoms with Crippen LogP contribution in [0.5, 0.6) is 0 Å². The summed E-state index contributed by atoms with van der Waals surface area (Å²) in [4.78, 5) is 2.08. The minimum Gasteiger partial charge on any atom is -0.304 e. The third-order valence-electron chi connectivity index (χ3n) is 3.74. The van der Waals surface area contributed by atoms with E-state index >= 15 is 0 Å². The predicted octanol–water partition coefficient (Wildman–Crippen LogP) is 1.35. The summed E-state index contributed by atoms with van der Waals surface area (Å²) in [5, 5.41) is 0. The maximum absolute atomic E-state index is 12.1. The van der Waals surface area contributed by atoms with E-state index in [0.717, 1.165) is 12.8 Å². The van der Waals surface area contributed by atoms with Crippen molar-refractivity contribution in [3.8, 4) is 0 Å². The van der Waals surface area contributed by atoms with Gasteiger partial charge in [0.25, 0.3) is 0 Å². The van der Waals surface area contributed by atoms with E-state index in [2.05, 4.69) is 25.2 Å². The molecule has 4 nitrogen and oxygen atoms in total. The summed E-state index contributed by atoms with van der Waals surface area (Å²) in [6.45, 7) is 5.47. The van der Waals surface area contributed by atoms with Gasteiger partial charge < -0.3 is 4.90 Å². The summed E-state index contributed by atoms with van der Waals surface area (Å²) in [6.07, 6.45) is 4.60. The smallest absolute Gasteiger partial charge is 0.214 e. The van der Waals surface area contributed by atoms with Crippen LogP contribution >= 0.6 is 0 Å². The third-order valence-corrected chi connectivity index (χ3v) is 5.61. The van der Waals surface area contributed by atoms with Gasteiger partial charge in [-0.2, -0.15) is 0 Å². The maximum atomic E-state index is 12.1. The van der Waals surface area contributed by atoms with Crippen molar-refractivity contribution >= 4 is 10.0 Å². The Morgan fingerprint density at radius 2 is 1.76 bits per heavy atom. The van der Waals surface area contributed by atoms with Crippen molar-refractivity contribution in [2.75, 3.05) is 32.9 Å². The Labute approximate surface area is 106 Å². The number of hydrogen-bond donors (Lipinski definition) is 0. The molecule has 1 aliphatic heterocycles. The first-order valence-corrected chi connectivity index (χ1v) is 7.83. The van der Waals surface area contributed by atoms with Crippen LogP contribution in [-0.2, 0) is 10.0 Å². The first kappa shape index (κ1) is 14.9. The van der Waals surface area contributed by atoms with Crippen LogP contribution < -0.4 is 0 Å². The summed E-state index contributed by atoms with van der Waals surface area (Å²) < 4.78 is 25.9. The normalized spacial score (nSPS) is 19.8. The monoisotopic (exact) mass is 261 g/mol. The molecule has 0 aromatic heterocycles. The van der Waals surface area contributed by atoms with Crippen LogP contribution in [0.3, 0.4) is 0 Å². The second kappa shape index (κ2) is 5.67. The topological polar surface area (TPSA) is 40.6 Å². The van der Waals surface area contributed by atoms with Crippen molar-refractivity contribution in [3.05, 3.63) is 6.42 Å².